The molecule has 2 aliphatic heterocycles. The first-order chi connectivity index (χ1) is 13.9. The van der Waals surface area contributed by atoms with Crippen molar-refractivity contribution in [1.82, 2.24) is 15.1 Å². The average molecular weight is 397 g/mol. The van der Waals surface area contributed by atoms with Crippen molar-refractivity contribution < 1.29 is 19.1 Å². The highest BCUT2D eigenvalue weighted by atomic mass is 16.5. The molecular formula is C20H23N5O4. The first kappa shape index (κ1) is 19.1. The molecule has 29 heavy (non-hydrogen) atoms. The molecule has 1 spiro atoms. The topological polar surface area (TPSA) is 114 Å². The number of rotatable bonds is 4. The number of fused-ring (bicyclic) bond motifs is 2. The van der Waals surface area contributed by atoms with Crippen molar-refractivity contribution in [2.24, 2.45) is 7.05 Å². The van der Waals surface area contributed by atoms with Crippen molar-refractivity contribution in [1.29, 1.82) is 0 Å². The van der Waals surface area contributed by atoms with E-state index in [-0.39, 0.29) is 24.3 Å². The van der Waals surface area contributed by atoms with Crippen LogP contribution in [0.25, 0.3) is 0 Å². The Hall–Kier alpha value is -3.20. The summed E-state index contributed by atoms with van der Waals surface area (Å²) in [6.45, 7) is 2.73. The largest absolute Gasteiger partial charge is 0.381 e. The SMILES string of the molecule is Cc1cc(C(=O)NCC(=O)Nc2ccc3c(c2)NC(=O)C32CCOCC2)n(C)n1. The van der Waals surface area contributed by atoms with Gasteiger partial charge >= 0.3 is 0 Å². The zero-order valence-corrected chi connectivity index (χ0v) is 16.4. The van der Waals surface area contributed by atoms with E-state index in [4.69, 9.17) is 4.74 Å². The number of anilines is 2. The quantitative estimate of drug-likeness (QED) is 0.715. The maximum Gasteiger partial charge on any atom is 0.269 e. The van der Waals surface area contributed by atoms with Crippen LogP contribution in [0.4, 0.5) is 11.4 Å². The molecule has 0 saturated carbocycles. The summed E-state index contributed by atoms with van der Waals surface area (Å²) in [5, 5.41) is 12.4. The highest BCUT2D eigenvalue weighted by molar-refractivity contribution is 6.07. The molecule has 9 nitrogen and oxygen atoms in total. The summed E-state index contributed by atoms with van der Waals surface area (Å²) in [5.74, 6) is -0.744. The van der Waals surface area contributed by atoms with E-state index < -0.39 is 5.41 Å². The number of amides is 3. The lowest BCUT2D eigenvalue weighted by atomic mass is 9.75. The first-order valence-electron chi connectivity index (χ1n) is 9.51. The molecule has 1 aromatic heterocycles. The lowest BCUT2D eigenvalue weighted by molar-refractivity contribution is -0.124. The molecule has 3 N–H and O–H groups in total. The number of benzene rings is 1. The molecular weight excluding hydrogens is 374 g/mol. The molecule has 3 heterocycles. The van der Waals surface area contributed by atoms with Crippen molar-refractivity contribution in [2.75, 3.05) is 30.4 Å². The second-order valence-corrected chi connectivity index (χ2v) is 7.43. The summed E-state index contributed by atoms with van der Waals surface area (Å²) in [5.41, 5.74) is 2.80. The van der Waals surface area contributed by atoms with Gasteiger partial charge in [0.25, 0.3) is 5.91 Å². The van der Waals surface area contributed by atoms with Crippen LogP contribution in [0.2, 0.25) is 0 Å². The summed E-state index contributed by atoms with van der Waals surface area (Å²) in [6, 6.07) is 7.07. The Morgan fingerprint density at radius 1 is 1.28 bits per heavy atom. The van der Waals surface area contributed by atoms with Crippen LogP contribution in [0.15, 0.2) is 24.3 Å². The van der Waals surface area contributed by atoms with Crippen molar-refractivity contribution in [3.8, 4) is 0 Å². The number of carbonyl (C=O) groups excluding carboxylic acids is 3. The van der Waals surface area contributed by atoms with Gasteiger partial charge in [0.05, 0.1) is 17.7 Å². The van der Waals surface area contributed by atoms with Gasteiger partial charge in [0.15, 0.2) is 0 Å². The number of aromatic nitrogens is 2. The fraction of sp³-hybridized carbons (Fsp3) is 0.400. The minimum atomic E-state index is -0.536. The van der Waals surface area contributed by atoms with Crippen LogP contribution in [0.3, 0.4) is 0 Å². The predicted molar refractivity (Wildman–Crippen MR) is 106 cm³/mol. The molecule has 0 bridgehead atoms. The molecule has 2 aliphatic rings. The number of aryl methyl sites for hydroxylation is 2. The van der Waals surface area contributed by atoms with Gasteiger partial charge in [-0.3, -0.25) is 19.1 Å². The maximum atomic E-state index is 12.6. The zero-order chi connectivity index (χ0) is 20.6. The van der Waals surface area contributed by atoms with Crippen LogP contribution in [0, 0.1) is 6.92 Å². The average Bonchev–Trinajstić information content (AvgIpc) is 3.16. The Bertz CT molecular complexity index is 991. The number of ether oxygens (including phenoxy) is 1. The van der Waals surface area contributed by atoms with Crippen LogP contribution >= 0.6 is 0 Å². The molecule has 0 unspecified atom stereocenters. The van der Waals surface area contributed by atoms with E-state index in [1.54, 1.807) is 32.2 Å². The van der Waals surface area contributed by atoms with Crippen molar-refractivity contribution >= 4 is 29.1 Å². The van der Waals surface area contributed by atoms with Crippen LogP contribution in [0.1, 0.15) is 34.6 Å². The summed E-state index contributed by atoms with van der Waals surface area (Å²) >= 11 is 0. The van der Waals surface area contributed by atoms with Crippen LogP contribution in [0.5, 0.6) is 0 Å². The number of hydrogen-bond donors (Lipinski definition) is 3. The number of carbonyl (C=O) groups is 3. The molecule has 1 saturated heterocycles. The number of hydrogen-bond acceptors (Lipinski definition) is 5. The third-order valence-corrected chi connectivity index (χ3v) is 5.49. The van der Waals surface area contributed by atoms with E-state index in [2.05, 4.69) is 21.0 Å². The van der Waals surface area contributed by atoms with E-state index in [1.165, 1.54) is 4.68 Å². The molecule has 152 valence electrons. The molecule has 1 aromatic carbocycles. The smallest absolute Gasteiger partial charge is 0.269 e. The van der Waals surface area contributed by atoms with Gasteiger partial charge in [-0.2, -0.15) is 5.10 Å². The molecule has 9 heteroatoms. The van der Waals surface area contributed by atoms with Gasteiger partial charge in [-0.25, -0.2) is 0 Å². The highest BCUT2D eigenvalue weighted by Crippen LogP contribution is 2.45. The first-order valence-corrected chi connectivity index (χ1v) is 9.51. The normalized spacial score (nSPS) is 17.0. The zero-order valence-electron chi connectivity index (χ0n) is 16.4. The Kier molecular flexibility index (Phi) is 4.83. The maximum absolute atomic E-state index is 12.6. The van der Waals surface area contributed by atoms with Crippen LogP contribution in [-0.2, 0) is 26.8 Å². The number of nitrogens with one attached hydrogen (secondary N) is 3. The monoisotopic (exact) mass is 397 g/mol. The fourth-order valence-corrected chi connectivity index (χ4v) is 4.00. The molecule has 1 fully saturated rings. The van der Waals surface area contributed by atoms with E-state index in [1.807, 2.05) is 6.07 Å². The summed E-state index contributed by atoms with van der Waals surface area (Å²) in [7, 11) is 1.67. The second-order valence-electron chi connectivity index (χ2n) is 7.43. The van der Waals surface area contributed by atoms with Crippen LogP contribution < -0.4 is 16.0 Å². The van der Waals surface area contributed by atoms with Crippen molar-refractivity contribution in [3.05, 3.63) is 41.2 Å². The van der Waals surface area contributed by atoms with Crippen molar-refractivity contribution in [3.63, 3.8) is 0 Å². The highest BCUT2D eigenvalue weighted by Gasteiger charge is 2.47. The van der Waals surface area contributed by atoms with E-state index in [0.717, 1.165) is 11.3 Å². The molecule has 0 aliphatic carbocycles. The van der Waals surface area contributed by atoms with Crippen LogP contribution in [-0.4, -0.2) is 47.3 Å². The third kappa shape index (κ3) is 3.49. The standard InChI is InChI=1S/C20H23N5O4/c1-12-9-16(25(2)24-12)18(27)21-11-17(26)22-13-3-4-14-15(10-13)23-19(28)20(14)5-7-29-8-6-20/h3-4,9-10H,5-8,11H2,1-2H3,(H,21,27)(H,22,26)(H,23,28). The minimum absolute atomic E-state index is 0.0157. The lowest BCUT2D eigenvalue weighted by Crippen LogP contribution is -2.39. The Morgan fingerprint density at radius 3 is 2.72 bits per heavy atom. The second kappa shape index (κ2) is 7.32. The lowest BCUT2D eigenvalue weighted by Gasteiger charge is -2.31. The molecule has 0 atom stereocenters. The van der Waals surface area contributed by atoms with Gasteiger partial charge in [0.2, 0.25) is 11.8 Å². The van der Waals surface area contributed by atoms with E-state index in [0.29, 0.717) is 43.1 Å². The number of nitrogens with zero attached hydrogens (tertiary/aromatic N) is 2. The van der Waals surface area contributed by atoms with E-state index >= 15 is 0 Å². The predicted octanol–water partition coefficient (Wildman–Crippen LogP) is 1.10. The van der Waals surface area contributed by atoms with E-state index in [9.17, 15) is 14.4 Å². The van der Waals surface area contributed by atoms with Gasteiger partial charge in [-0.05, 0) is 43.5 Å². The van der Waals surface area contributed by atoms with Gasteiger partial charge in [0.1, 0.15) is 5.69 Å². The van der Waals surface area contributed by atoms with Gasteiger partial charge in [-0.15, -0.1) is 0 Å². The van der Waals surface area contributed by atoms with Crippen molar-refractivity contribution in [2.45, 2.75) is 25.2 Å². The Labute approximate surface area is 167 Å². The van der Waals surface area contributed by atoms with Gasteiger partial charge in [-0.1, -0.05) is 6.07 Å². The van der Waals surface area contributed by atoms with Gasteiger partial charge < -0.3 is 20.7 Å². The van der Waals surface area contributed by atoms with Gasteiger partial charge in [0, 0.05) is 31.6 Å². The molecule has 2 aromatic rings. The summed E-state index contributed by atoms with van der Waals surface area (Å²) in [6.07, 6.45) is 1.30. The minimum Gasteiger partial charge on any atom is -0.381 e. The third-order valence-electron chi connectivity index (χ3n) is 5.49. The Balaban J connectivity index is 1.40. The Morgan fingerprint density at radius 2 is 2.03 bits per heavy atom. The molecule has 3 amide bonds. The molecule has 0 radical (unpaired) electrons. The molecule has 4 rings (SSSR count). The fourth-order valence-electron chi connectivity index (χ4n) is 4.00. The summed E-state index contributed by atoms with van der Waals surface area (Å²) < 4.78 is 6.88. The summed E-state index contributed by atoms with van der Waals surface area (Å²) in [4.78, 5) is 37.0.